The summed E-state index contributed by atoms with van der Waals surface area (Å²) in [6.07, 6.45) is 7.90. The first-order valence-corrected chi connectivity index (χ1v) is 7.11. The van der Waals surface area contributed by atoms with Gasteiger partial charge in [-0.05, 0) is 36.6 Å². The van der Waals surface area contributed by atoms with Gasteiger partial charge < -0.3 is 16.2 Å². The Morgan fingerprint density at radius 2 is 2.25 bits per heavy atom. The van der Waals surface area contributed by atoms with Crippen molar-refractivity contribution < 1.29 is 4.74 Å². The van der Waals surface area contributed by atoms with E-state index in [1.165, 1.54) is 0 Å². The van der Waals surface area contributed by atoms with Gasteiger partial charge >= 0.3 is 0 Å². The van der Waals surface area contributed by atoms with Crippen LogP contribution >= 0.6 is 0 Å². The van der Waals surface area contributed by atoms with E-state index >= 15 is 0 Å². The lowest BCUT2D eigenvalue weighted by atomic mass is 9.87. The third kappa shape index (κ3) is 3.68. The molecule has 0 spiro atoms. The maximum absolute atomic E-state index is 6.34. The zero-order valence-corrected chi connectivity index (χ0v) is 12.0. The van der Waals surface area contributed by atoms with E-state index in [-0.39, 0.29) is 0 Å². The Hall–Kier alpha value is -1.65. The van der Waals surface area contributed by atoms with E-state index in [1.807, 2.05) is 36.4 Å². The van der Waals surface area contributed by atoms with Gasteiger partial charge in [0.15, 0.2) is 0 Å². The van der Waals surface area contributed by atoms with Crippen molar-refractivity contribution in [1.82, 2.24) is 0 Å². The van der Waals surface area contributed by atoms with E-state index in [2.05, 4.69) is 11.9 Å². The molecule has 0 saturated carbocycles. The fraction of sp³-hybridized carbons (Fsp3) is 0.438. The molecular weight excluding hydrogens is 250 g/mol. The van der Waals surface area contributed by atoms with Gasteiger partial charge in [-0.15, -0.1) is 0 Å². The third-order valence-corrected chi connectivity index (χ3v) is 3.47. The second-order valence-corrected chi connectivity index (χ2v) is 5.24. The van der Waals surface area contributed by atoms with Crippen LogP contribution in [0.25, 0.3) is 0 Å². The molecule has 1 aromatic rings. The molecular formula is C16H23N3O. The molecule has 4 N–H and O–H groups in total. The van der Waals surface area contributed by atoms with Crippen LogP contribution in [0, 0.1) is 0 Å². The molecule has 20 heavy (non-hydrogen) atoms. The molecule has 0 radical (unpaired) electrons. The number of nitrogens with two attached hydrogens (primary N) is 2. The molecule has 0 bridgehead atoms. The number of unbranched alkanes of at least 4 members (excludes halogenated alkanes) is 1. The van der Waals surface area contributed by atoms with Crippen LogP contribution in [-0.2, 0) is 6.42 Å². The third-order valence-electron chi connectivity index (χ3n) is 3.47. The molecule has 0 aliphatic carbocycles. The van der Waals surface area contributed by atoms with Crippen molar-refractivity contribution >= 4 is 6.21 Å². The molecule has 4 nitrogen and oxygen atoms in total. The molecule has 0 fully saturated rings. The Labute approximate surface area is 120 Å². The second kappa shape index (κ2) is 6.68. The van der Waals surface area contributed by atoms with Crippen LogP contribution < -0.4 is 16.2 Å². The highest BCUT2D eigenvalue weighted by molar-refractivity contribution is 5.73. The molecule has 1 aromatic carbocycles. The van der Waals surface area contributed by atoms with Crippen LogP contribution in [0.1, 0.15) is 25.3 Å². The molecule has 108 valence electrons. The summed E-state index contributed by atoms with van der Waals surface area (Å²) < 4.78 is 5.72. The quantitative estimate of drug-likeness (QED) is 0.779. The fourth-order valence-electron chi connectivity index (χ4n) is 2.20. The largest absolute Gasteiger partial charge is 0.494 e. The number of dihydropyridines is 1. The average molecular weight is 273 g/mol. The summed E-state index contributed by atoms with van der Waals surface area (Å²) in [4.78, 5) is 4.17. The standard InChI is InChI=1S/C16H23N3O/c1-2-3-10-20-14-7-4-6-13(11-14)12-16(18)8-5-9-19-15(16)17/h4-9,11,15H,2-3,10,12,17-18H2,1H3. The first-order valence-electron chi connectivity index (χ1n) is 7.11. The van der Waals surface area contributed by atoms with Crippen LogP contribution in [0.4, 0.5) is 0 Å². The average Bonchev–Trinajstić information content (AvgIpc) is 2.43. The van der Waals surface area contributed by atoms with Gasteiger partial charge in [-0.1, -0.05) is 31.6 Å². The second-order valence-electron chi connectivity index (χ2n) is 5.24. The maximum Gasteiger partial charge on any atom is 0.119 e. The fourth-order valence-corrected chi connectivity index (χ4v) is 2.20. The number of nitrogens with zero attached hydrogens (tertiary/aromatic N) is 1. The molecule has 2 unspecified atom stereocenters. The monoisotopic (exact) mass is 273 g/mol. The van der Waals surface area contributed by atoms with Crippen LogP contribution in [0.2, 0.25) is 0 Å². The molecule has 2 rings (SSSR count). The lowest BCUT2D eigenvalue weighted by Crippen LogP contribution is -2.55. The van der Waals surface area contributed by atoms with Crippen LogP contribution in [0.3, 0.4) is 0 Å². The van der Waals surface area contributed by atoms with Gasteiger partial charge in [-0.25, -0.2) is 0 Å². The van der Waals surface area contributed by atoms with Gasteiger partial charge in [0.2, 0.25) is 0 Å². The van der Waals surface area contributed by atoms with E-state index in [4.69, 9.17) is 16.2 Å². The van der Waals surface area contributed by atoms with Gasteiger partial charge in [0.25, 0.3) is 0 Å². The Morgan fingerprint density at radius 3 is 3.00 bits per heavy atom. The van der Waals surface area contributed by atoms with Crippen molar-refractivity contribution in [2.75, 3.05) is 6.61 Å². The van der Waals surface area contributed by atoms with E-state index in [0.29, 0.717) is 6.42 Å². The topological polar surface area (TPSA) is 73.6 Å². The summed E-state index contributed by atoms with van der Waals surface area (Å²) in [7, 11) is 0. The summed E-state index contributed by atoms with van der Waals surface area (Å²) in [6, 6.07) is 8.03. The van der Waals surface area contributed by atoms with E-state index in [0.717, 1.165) is 30.8 Å². The molecule has 2 atom stereocenters. The van der Waals surface area contributed by atoms with Gasteiger partial charge in [0.1, 0.15) is 11.9 Å². The number of hydrogen-bond donors (Lipinski definition) is 2. The van der Waals surface area contributed by atoms with Crippen LogP contribution in [-0.4, -0.2) is 24.5 Å². The van der Waals surface area contributed by atoms with Crippen molar-refractivity contribution in [3.63, 3.8) is 0 Å². The molecule has 0 aromatic heterocycles. The highest BCUT2D eigenvalue weighted by atomic mass is 16.5. The first kappa shape index (κ1) is 14.8. The Morgan fingerprint density at radius 1 is 1.40 bits per heavy atom. The number of ether oxygens (including phenoxy) is 1. The first-order chi connectivity index (χ1) is 9.64. The Balaban J connectivity index is 2.04. The highest BCUT2D eigenvalue weighted by Gasteiger charge is 2.31. The summed E-state index contributed by atoms with van der Waals surface area (Å²) in [5.41, 5.74) is 12.8. The smallest absolute Gasteiger partial charge is 0.119 e. The number of rotatable bonds is 6. The molecule has 1 aliphatic heterocycles. The zero-order chi connectivity index (χ0) is 14.4. The summed E-state index contributed by atoms with van der Waals surface area (Å²) in [6.45, 7) is 2.90. The molecule has 1 aliphatic rings. The van der Waals surface area contributed by atoms with Crippen molar-refractivity contribution in [1.29, 1.82) is 0 Å². The summed E-state index contributed by atoms with van der Waals surface area (Å²) >= 11 is 0. The normalized spacial score (nSPS) is 24.9. The maximum atomic E-state index is 6.34. The zero-order valence-electron chi connectivity index (χ0n) is 12.0. The van der Waals surface area contributed by atoms with Crippen molar-refractivity contribution in [3.05, 3.63) is 42.0 Å². The minimum atomic E-state index is -0.628. The van der Waals surface area contributed by atoms with Crippen LogP contribution in [0.15, 0.2) is 41.4 Å². The SMILES string of the molecule is CCCCOc1cccc(CC2(N)C=CC=NC2N)c1. The van der Waals surface area contributed by atoms with Gasteiger partial charge in [-0.3, -0.25) is 4.99 Å². The Bertz CT molecular complexity index is 498. The minimum Gasteiger partial charge on any atom is -0.494 e. The summed E-state index contributed by atoms with van der Waals surface area (Å²) in [5.74, 6) is 0.886. The number of allylic oxidation sites excluding steroid dienone is 1. The lowest BCUT2D eigenvalue weighted by molar-refractivity contribution is 0.309. The van der Waals surface area contributed by atoms with Crippen molar-refractivity contribution in [3.8, 4) is 5.75 Å². The highest BCUT2D eigenvalue weighted by Crippen LogP contribution is 2.22. The number of hydrogen-bond acceptors (Lipinski definition) is 4. The predicted octanol–water partition coefficient (Wildman–Crippen LogP) is 2.03. The lowest BCUT2D eigenvalue weighted by Gasteiger charge is -2.31. The van der Waals surface area contributed by atoms with E-state index in [9.17, 15) is 0 Å². The van der Waals surface area contributed by atoms with Crippen LogP contribution in [0.5, 0.6) is 5.75 Å². The summed E-state index contributed by atoms with van der Waals surface area (Å²) in [5, 5.41) is 0. The van der Waals surface area contributed by atoms with E-state index < -0.39 is 11.7 Å². The molecule has 0 saturated heterocycles. The number of benzene rings is 1. The van der Waals surface area contributed by atoms with Crippen molar-refractivity contribution in [2.45, 2.75) is 37.9 Å². The Kier molecular flexibility index (Phi) is 4.93. The van der Waals surface area contributed by atoms with Gasteiger partial charge in [0, 0.05) is 6.21 Å². The van der Waals surface area contributed by atoms with Crippen molar-refractivity contribution in [2.24, 2.45) is 16.5 Å². The predicted molar refractivity (Wildman–Crippen MR) is 83.1 cm³/mol. The van der Waals surface area contributed by atoms with E-state index in [1.54, 1.807) is 6.21 Å². The number of aliphatic imine (C=N–C) groups is 1. The van der Waals surface area contributed by atoms with Gasteiger partial charge in [-0.2, -0.15) is 0 Å². The molecule has 4 heteroatoms. The molecule has 0 amide bonds. The molecule has 1 heterocycles. The minimum absolute atomic E-state index is 0.405. The van der Waals surface area contributed by atoms with Gasteiger partial charge in [0.05, 0.1) is 12.1 Å².